The Labute approximate surface area is 87.8 Å². The van der Waals surface area contributed by atoms with Crippen LogP contribution in [0.2, 0.25) is 0 Å². The van der Waals surface area contributed by atoms with Gasteiger partial charge < -0.3 is 0 Å². The molecule has 1 rings (SSSR count). The minimum atomic E-state index is -3.63. The number of hydrogen-bond donors (Lipinski definition) is 0. The zero-order chi connectivity index (χ0) is 11.5. The number of aldehydes is 1. The van der Waals surface area contributed by atoms with Crippen molar-refractivity contribution in [2.45, 2.75) is 18.0 Å². The summed E-state index contributed by atoms with van der Waals surface area (Å²) in [7, 11) is -3.63. The highest BCUT2D eigenvalue weighted by Crippen LogP contribution is 2.14. The second-order valence-corrected chi connectivity index (χ2v) is 5.29. The van der Waals surface area contributed by atoms with Gasteiger partial charge in [0.05, 0.1) is 10.6 Å². The van der Waals surface area contributed by atoms with Gasteiger partial charge in [0, 0.05) is 5.56 Å². The van der Waals surface area contributed by atoms with Crippen LogP contribution in [0.4, 0.5) is 4.39 Å². The van der Waals surface area contributed by atoms with Gasteiger partial charge in [0.15, 0.2) is 9.84 Å². The van der Waals surface area contributed by atoms with Crippen molar-refractivity contribution in [1.29, 1.82) is 0 Å². The zero-order valence-electron chi connectivity index (χ0n) is 8.18. The Hall–Kier alpha value is -1.23. The summed E-state index contributed by atoms with van der Waals surface area (Å²) in [6.07, 6.45) is -0.868. The van der Waals surface area contributed by atoms with Gasteiger partial charge in [-0.05, 0) is 19.1 Å². The summed E-state index contributed by atoms with van der Waals surface area (Å²) < 4.78 is 35.7. The molecular weight excluding hydrogens is 219 g/mol. The molecule has 5 heteroatoms. The molecule has 3 nitrogen and oxygen atoms in total. The quantitative estimate of drug-likeness (QED) is 0.739. The third kappa shape index (κ3) is 3.13. The lowest BCUT2D eigenvalue weighted by atomic mass is 10.2. The van der Waals surface area contributed by atoms with Crippen molar-refractivity contribution in [1.82, 2.24) is 0 Å². The van der Waals surface area contributed by atoms with Crippen LogP contribution in [0.25, 0.3) is 0 Å². The Bertz CT molecular complexity index is 451. The van der Waals surface area contributed by atoms with Gasteiger partial charge in [-0.2, -0.15) is 0 Å². The molecular formula is C10H11FO3S. The van der Waals surface area contributed by atoms with Crippen LogP contribution in [-0.4, -0.2) is 26.6 Å². The van der Waals surface area contributed by atoms with Gasteiger partial charge in [0.25, 0.3) is 0 Å². The van der Waals surface area contributed by atoms with Gasteiger partial charge in [0.2, 0.25) is 0 Å². The number of carbonyl (C=O) groups excluding carboxylic acids is 1. The molecule has 15 heavy (non-hydrogen) atoms. The van der Waals surface area contributed by atoms with Crippen LogP contribution in [0, 0.1) is 0 Å². The number of benzene rings is 1. The summed E-state index contributed by atoms with van der Waals surface area (Å²) in [5.41, 5.74) is 0.266. The van der Waals surface area contributed by atoms with Crippen LogP contribution < -0.4 is 0 Å². The standard InChI is InChI=1S/C10H11FO3S/c1-8(11)7-15(13,14)10-4-2-3-9(5-10)6-12/h2-6,8H,7H2,1H3. The SMILES string of the molecule is CC(F)CS(=O)(=O)c1cccc(C=O)c1. The van der Waals surface area contributed by atoms with E-state index in [1.54, 1.807) is 0 Å². The maximum Gasteiger partial charge on any atom is 0.181 e. The van der Waals surface area contributed by atoms with Crippen molar-refractivity contribution in [2.24, 2.45) is 0 Å². The molecule has 0 fully saturated rings. The molecule has 0 heterocycles. The summed E-state index contributed by atoms with van der Waals surface area (Å²) in [6, 6.07) is 5.54. The molecule has 0 aliphatic carbocycles. The van der Waals surface area contributed by atoms with Crippen LogP contribution in [0.3, 0.4) is 0 Å². The van der Waals surface area contributed by atoms with E-state index in [1.165, 1.54) is 31.2 Å². The largest absolute Gasteiger partial charge is 0.298 e. The number of sulfone groups is 1. The van der Waals surface area contributed by atoms with Gasteiger partial charge >= 0.3 is 0 Å². The molecule has 0 saturated heterocycles. The number of alkyl halides is 1. The van der Waals surface area contributed by atoms with Gasteiger partial charge in [-0.1, -0.05) is 12.1 Å². The molecule has 0 bridgehead atoms. The van der Waals surface area contributed by atoms with Gasteiger partial charge in [0.1, 0.15) is 12.5 Å². The molecule has 0 aliphatic heterocycles. The van der Waals surface area contributed by atoms with Gasteiger partial charge in [-0.25, -0.2) is 12.8 Å². The number of rotatable bonds is 4. The highest BCUT2D eigenvalue weighted by Gasteiger charge is 2.18. The lowest BCUT2D eigenvalue weighted by Gasteiger charge is -2.05. The molecule has 1 atom stereocenters. The van der Waals surface area contributed by atoms with E-state index in [1.807, 2.05) is 0 Å². The third-order valence-corrected chi connectivity index (χ3v) is 3.67. The lowest BCUT2D eigenvalue weighted by molar-refractivity contribution is 0.112. The van der Waals surface area contributed by atoms with Crippen molar-refractivity contribution < 1.29 is 17.6 Å². The molecule has 0 aromatic heterocycles. The number of hydrogen-bond acceptors (Lipinski definition) is 3. The molecule has 0 spiro atoms. The molecule has 82 valence electrons. The van der Waals surface area contributed by atoms with Gasteiger partial charge in [-0.15, -0.1) is 0 Å². The maximum absolute atomic E-state index is 12.6. The summed E-state index contributed by atoms with van der Waals surface area (Å²) in [6.45, 7) is 1.18. The van der Waals surface area contributed by atoms with Crippen molar-refractivity contribution in [3.8, 4) is 0 Å². The molecule has 0 saturated carbocycles. The van der Waals surface area contributed by atoms with E-state index in [9.17, 15) is 17.6 Å². The van der Waals surface area contributed by atoms with E-state index < -0.39 is 21.8 Å². The highest BCUT2D eigenvalue weighted by molar-refractivity contribution is 7.91. The predicted octanol–water partition coefficient (Wildman–Crippen LogP) is 1.63. The Morgan fingerprint density at radius 2 is 2.13 bits per heavy atom. The first-order valence-corrected chi connectivity index (χ1v) is 6.03. The minimum Gasteiger partial charge on any atom is -0.298 e. The Kier molecular flexibility index (Phi) is 3.57. The second kappa shape index (κ2) is 4.53. The predicted molar refractivity (Wildman–Crippen MR) is 54.5 cm³/mol. The Morgan fingerprint density at radius 3 is 2.67 bits per heavy atom. The smallest absolute Gasteiger partial charge is 0.181 e. The first-order valence-electron chi connectivity index (χ1n) is 4.38. The summed E-state index contributed by atoms with van der Waals surface area (Å²) in [5.74, 6) is -0.560. The van der Waals surface area contributed by atoms with E-state index in [4.69, 9.17) is 0 Å². The topological polar surface area (TPSA) is 51.2 Å². The third-order valence-electron chi connectivity index (χ3n) is 1.80. The van der Waals surface area contributed by atoms with Crippen molar-refractivity contribution in [3.05, 3.63) is 29.8 Å². The van der Waals surface area contributed by atoms with Gasteiger partial charge in [-0.3, -0.25) is 4.79 Å². The first kappa shape index (κ1) is 11.8. The Balaban J connectivity index is 3.10. The van der Waals surface area contributed by atoms with Crippen LogP contribution >= 0.6 is 0 Å². The van der Waals surface area contributed by atoms with E-state index in [-0.39, 0.29) is 10.5 Å². The molecule has 0 N–H and O–H groups in total. The molecule has 0 radical (unpaired) electrons. The number of halogens is 1. The maximum atomic E-state index is 12.6. The molecule has 0 amide bonds. The molecule has 0 aliphatic rings. The van der Waals surface area contributed by atoms with Crippen molar-refractivity contribution in [2.75, 3.05) is 5.75 Å². The zero-order valence-corrected chi connectivity index (χ0v) is 9.00. The van der Waals surface area contributed by atoms with E-state index in [2.05, 4.69) is 0 Å². The average Bonchev–Trinajstić information content (AvgIpc) is 2.16. The molecule has 1 unspecified atom stereocenters. The average molecular weight is 230 g/mol. The van der Waals surface area contributed by atoms with Crippen LogP contribution in [0.15, 0.2) is 29.2 Å². The summed E-state index contributed by atoms with van der Waals surface area (Å²) in [5, 5.41) is 0. The lowest BCUT2D eigenvalue weighted by Crippen LogP contribution is -2.14. The normalized spacial score (nSPS) is 13.5. The first-order chi connectivity index (χ1) is 6.95. The van der Waals surface area contributed by atoms with Crippen molar-refractivity contribution in [3.63, 3.8) is 0 Å². The van der Waals surface area contributed by atoms with Crippen LogP contribution in [0.5, 0.6) is 0 Å². The van der Waals surface area contributed by atoms with Crippen LogP contribution in [0.1, 0.15) is 17.3 Å². The fraction of sp³-hybridized carbons (Fsp3) is 0.300. The van der Waals surface area contributed by atoms with E-state index >= 15 is 0 Å². The second-order valence-electron chi connectivity index (χ2n) is 3.25. The van der Waals surface area contributed by atoms with E-state index in [0.717, 1.165) is 0 Å². The van der Waals surface area contributed by atoms with Crippen LogP contribution in [-0.2, 0) is 9.84 Å². The monoisotopic (exact) mass is 230 g/mol. The highest BCUT2D eigenvalue weighted by atomic mass is 32.2. The summed E-state index contributed by atoms with van der Waals surface area (Å²) >= 11 is 0. The molecule has 1 aromatic carbocycles. The van der Waals surface area contributed by atoms with Crippen molar-refractivity contribution >= 4 is 16.1 Å². The Morgan fingerprint density at radius 1 is 1.47 bits per heavy atom. The molecule has 1 aromatic rings. The minimum absolute atomic E-state index is 0.0170. The fourth-order valence-electron chi connectivity index (χ4n) is 1.18. The fourth-order valence-corrected chi connectivity index (χ4v) is 2.58. The van der Waals surface area contributed by atoms with E-state index in [0.29, 0.717) is 6.29 Å². The summed E-state index contributed by atoms with van der Waals surface area (Å²) in [4.78, 5) is 10.4. The number of carbonyl (C=O) groups is 1.